The molecule has 1 aromatic carbocycles. The molecule has 1 saturated heterocycles. The average molecular weight is 351 g/mol. The summed E-state index contributed by atoms with van der Waals surface area (Å²) in [5.74, 6) is 2.07. The number of carbonyl (C=O) groups is 1. The van der Waals surface area contributed by atoms with Gasteiger partial charge < -0.3 is 15.5 Å². The van der Waals surface area contributed by atoms with Gasteiger partial charge in [0.15, 0.2) is 0 Å². The number of nitrogens with two attached hydrogens (primary N) is 1. The van der Waals surface area contributed by atoms with Crippen molar-refractivity contribution in [1.29, 1.82) is 0 Å². The van der Waals surface area contributed by atoms with E-state index in [0.717, 1.165) is 38.1 Å². The summed E-state index contributed by atoms with van der Waals surface area (Å²) in [6.07, 6.45) is 8.08. The Morgan fingerprint density at radius 2 is 1.65 bits per heavy atom. The van der Waals surface area contributed by atoms with Gasteiger partial charge in [-0.05, 0) is 73.8 Å². The highest BCUT2D eigenvalue weighted by molar-refractivity contribution is 5.79. The number of hydrogen-bond donors (Lipinski definition) is 1. The van der Waals surface area contributed by atoms with Gasteiger partial charge in [0.25, 0.3) is 0 Å². The minimum Gasteiger partial charge on any atom is -0.325 e. The molecular weight excluding hydrogens is 322 g/mol. The third-order valence-electron chi connectivity index (χ3n) is 8.50. The second-order valence-electron chi connectivity index (χ2n) is 10.1. The summed E-state index contributed by atoms with van der Waals surface area (Å²) in [5.41, 5.74) is 9.60. The summed E-state index contributed by atoms with van der Waals surface area (Å²) in [6, 6.07) is 9.44. The summed E-state index contributed by atoms with van der Waals surface area (Å²) < 4.78 is 0. The van der Waals surface area contributed by atoms with Crippen molar-refractivity contribution in [2.24, 2.45) is 23.5 Å². The topological polar surface area (TPSA) is 49.6 Å². The molecule has 1 heterocycles. The van der Waals surface area contributed by atoms with Crippen LogP contribution in [0.25, 0.3) is 0 Å². The molecule has 5 atom stereocenters. The van der Waals surface area contributed by atoms with Crippen LogP contribution in [0.2, 0.25) is 0 Å². The first kappa shape index (κ1) is 15.5. The molecule has 0 radical (unpaired) electrons. The number of fused-ring (bicyclic) bond motifs is 1. The zero-order valence-corrected chi connectivity index (χ0v) is 15.7. The number of rotatable bonds is 1. The van der Waals surface area contributed by atoms with E-state index in [-0.39, 0.29) is 17.1 Å². The fourth-order valence-corrected chi connectivity index (χ4v) is 7.71. The van der Waals surface area contributed by atoms with Crippen LogP contribution in [0.1, 0.15) is 43.2 Å². The Morgan fingerprint density at radius 1 is 1.04 bits per heavy atom. The second kappa shape index (κ2) is 4.83. The molecule has 6 aliphatic rings. The first-order valence-corrected chi connectivity index (χ1v) is 10.4. The van der Waals surface area contributed by atoms with E-state index in [1.807, 2.05) is 7.05 Å². The maximum Gasteiger partial charge on any atom is 0.320 e. The molecule has 5 aliphatic carbocycles. The molecule has 1 aromatic rings. The molecule has 4 heteroatoms. The third-order valence-corrected chi connectivity index (χ3v) is 8.50. The highest BCUT2D eigenvalue weighted by atomic mass is 16.2. The number of carbonyl (C=O) groups excluding carboxylic acids is 1. The number of benzene rings is 1. The van der Waals surface area contributed by atoms with Gasteiger partial charge in [-0.3, -0.25) is 0 Å². The molecular formula is C22H29N3O. The minimum atomic E-state index is -0.0319. The van der Waals surface area contributed by atoms with Crippen molar-refractivity contribution in [3.05, 3.63) is 35.4 Å². The quantitative estimate of drug-likeness (QED) is 0.846. The van der Waals surface area contributed by atoms with Gasteiger partial charge in [-0.25, -0.2) is 4.79 Å². The predicted molar refractivity (Wildman–Crippen MR) is 101 cm³/mol. The molecule has 2 amide bonds. The van der Waals surface area contributed by atoms with Crippen LogP contribution >= 0.6 is 0 Å². The molecule has 4 bridgehead atoms. The van der Waals surface area contributed by atoms with E-state index in [0.29, 0.717) is 17.9 Å². The van der Waals surface area contributed by atoms with Crippen molar-refractivity contribution in [1.82, 2.24) is 9.80 Å². The lowest BCUT2D eigenvalue weighted by molar-refractivity contribution is -0.0610. The standard InChI is InChI=1S/C22H29N3O/c1-24-20(26)25(13-22(24)11-15-4-2-3-5-16(15)12-22)19-17-6-14-7-18(19)10-21(23,8-14)9-17/h2-5,14,17-19H,6-13,23H2,1H3/t14?,17-,18?,19?,21?/m1/s1. The van der Waals surface area contributed by atoms with E-state index in [9.17, 15) is 4.79 Å². The number of amides is 2. The molecule has 4 saturated carbocycles. The van der Waals surface area contributed by atoms with Crippen LogP contribution in [0.3, 0.4) is 0 Å². The van der Waals surface area contributed by atoms with Gasteiger partial charge in [0.05, 0.1) is 5.54 Å². The zero-order valence-electron chi connectivity index (χ0n) is 15.7. The highest BCUT2D eigenvalue weighted by Gasteiger charge is 2.60. The maximum absolute atomic E-state index is 13.3. The van der Waals surface area contributed by atoms with E-state index in [1.54, 1.807) is 0 Å². The molecule has 4 unspecified atom stereocenters. The Bertz CT molecular complexity index is 748. The smallest absolute Gasteiger partial charge is 0.320 e. The van der Waals surface area contributed by atoms with Crippen LogP contribution in [-0.4, -0.2) is 46.5 Å². The Labute approximate surface area is 155 Å². The van der Waals surface area contributed by atoms with E-state index < -0.39 is 0 Å². The summed E-state index contributed by atoms with van der Waals surface area (Å²) in [5, 5.41) is 0. The molecule has 2 N–H and O–H groups in total. The van der Waals surface area contributed by atoms with Crippen LogP contribution in [0, 0.1) is 17.8 Å². The van der Waals surface area contributed by atoms with Crippen LogP contribution < -0.4 is 5.73 Å². The van der Waals surface area contributed by atoms with Gasteiger partial charge in [-0.2, -0.15) is 0 Å². The monoisotopic (exact) mass is 351 g/mol. The van der Waals surface area contributed by atoms with Crippen molar-refractivity contribution >= 4 is 6.03 Å². The molecule has 1 spiro atoms. The maximum atomic E-state index is 13.3. The van der Waals surface area contributed by atoms with Crippen molar-refractivity contribution in [2.45, 2.75) is 62.1 Å². The Hall–Kier alpha value is -1.55. The lowest BCUT2D eigenvalue weighted by atomic mass is 9.51. The summed E-state index contributed by atoms with van der Waals surface area (Å²) in [7, 11) is 2.04. The van der Waals surface area contributed by atoms with Crippen molar-refractivity contribution in [3.63, 3.8) is 0 Å². The van der Waals surface area contributed by atoms with E-state index in [4.69, 9.17) is 5.73 Å². The molecule has 138 valence electrons. The van der Waals surface area contributed by atoms with Crippen LogP contribution in [0.15, 0.2) is 24.3 Å². The van der Waals surface area contributed by atoms with Crippen molar-refractivity contribution in [3.8, 4) is 0 Å². The molecule has 26 heavy (non-hydrogen) atoms. The van der Waals surface area contributed by atoms with Crippen LogP contribution in [0.5, 0.6) is 0 Å². The van der Waals surface area contributed by atoms with Crippen molar-refractivity contribution in [2.75, 3.05) is 13.6 Å². The summed E-state index contributed by atoms with van der Waals surface area (Å²) >= 11 is 0. The van der Waals surface area contributed by atoms with Crippen LogP contribution in [-0.2, 0) is 12.8 Å². The lowest BCUT2D eigenvalue weighted by Gasteiger charge is -2.60. The number of hydrogen-bond acceptors (Lipinski definition) is 2. The van der Waals surface area contributed by atoms with Gasteiger partial charge in [0.2, 0.25) is 0 Å². The second-order valence-corrected chi connectivity index (χ2v) is 10.1. The average Bonchev–Trinajstić information content (AvgIpc) is 3.06. The minimum absolute atomic E-state index is 0.0319. The van der Waals surface area contributed by atoms with Gasteiger partial charge in [0.1, 0.15) is 0 Å². The largest absolute Gasteiger partial charge is 0.325 e. The van der Waals surface area contributed by atoms with Gasteiger partial charge in [0, 0.05) is 25.2 Å². The third kappa shape index (κ3) is 1.91. The summed E-state index contributed by atoms with van der Waals surface area (Å²) in [4.78, 5) is 17.7. The SMILES string of the molecule is CN1C(=O)N(C2C3CC4C[C@@H]2CC(N)(C4)C3)CC12Cc1ccccc1C2. The fraction of sp³-hybridized carbons (Fsp3) is 0.682. The number of nitrogens with zero attached hydrogens (tertiary/aromatic N) is 2. The van der Waals surface area contributed by atoms with Gasteiger partial charge >= 0.3 is 6.03 Å². The number of urea groups is 1. The van der Waals surface area contributed by atoms with Gasteiger partial charge in [-0.15, -0.1) is 0 Å². The molecule has 4 nitrogen and oxygen atoms in total. The van der Waals surface area contributed by atoms with Crippen LogP contribution in [0.4, 0.5) is 4.79 Å². The Balaban J connectivity index is 1.32. The highest BCUT2D eigenvalue weighted by Crippen LogP contribution is 2.57. The predicted octanol–water partition coefficient (Wildman–Crippen LogP) is 2.80. The normalized spacial score (nSPS) is 42.2. The Morgan fingerprint density at radius 3 is 2.23 bits per heavy atom. The lowest BCUT2D eigenvalue weighted by Crippen LogP contribution is -2.65. The number of likely N-dealkylation sites (N-methyl/N-ethyl adjacent to an activating group) is 1. The Kier molecular flexibility index (Phi) is 2.88. The molecule has 5 fully saturated rings. The fourth-order valence-electron chi connectivity index (χ4n) is 7.71. The van der Waals surface area contributed by atoms with E-state index in [1.165, 1.54) is 30.4 Å². The zero-order chi connectivity index (χ0) is 17.7. The van der Waals surface area contributed by atoms with Crippen molar-refractivity contribution < 1.29 is 4.79 Å². The molecule has 1 aliphatic heterocycles. The van der Waals surface area contributed by atoms with E-state index in [2.05, 4.69) is 34.1 Å². The first-order chi connectivity index (χ1) is 12.5. The van der Waals surface area contributed by atoms with Gasteiger partial charge in [-0.1, -0.05) is 24.3 Å². The molecule has 7 rings (SSSR count). The molecule has 0 aromatic heterocycles. The summed E-state index contributed by atoms with van der Waals surface area (Å²) in [6.45, 7) is 0.900. The van der Waals surface area contributed by atoms with E-state index >= 15 is 0 Å². The first-order valence-electron chi connectivity index (χ1n) is 10.4.